The number of carbonyl (C=O) groups excluding carboxylic acids is 3. The van der Waals surface area contributed by atoms with E-state index in [4.69, 9.17) is 0 Å². The predicted octanol–water partition coefficient (Wildman–Crippen LogP) is -2.83. The lowest BCUT2D eigenvalue weighted by Gasteiger charge is -2.13. The molecule has 4 amide bonds. The molecule has 1 heterocycles. The molecular formula is C4H5N3O6. The van der Waals surface area contributed by atoms with Crippen LogP contribution in [0.4, 0.5) is 4.79 Å². The first-order valence-corrected chi connectivity index (χ1v) is 2.81. The standard InChI is InChI=1S/C4H3N3O5.H2O/c8-2-1(7(11)12)3(9)6-4(10)5-2;/h1H,(H2,5,6,8,9,10);1H2. The van der Waals surface area contributed by atoms with Crippen molar-refractivity contribution in [3.05, 3.63) is 10.1 Å². The molecule has 0 aromatic carbocycles. The van der Waals surface area contributed by atoms with Crippen LogP contribution >= 0.6 is 0 Å². The average Bonchev–Trinajstić information content (AvgIpc) is 1.82. The van der Waals surface area contributed by atoms with E-state index >= 15 is 0 Å². The van der Waals surface area contributed by atoms with Crippen molar-refractivity contribution in [2.45, 2.75) is 6.04 Å². The number of carbonyl (C=O) groups is 3. The van der Waals surface area contributed by atoms with Gasteiger partial charge in [-0.15, -0.1) is 0 Å². The van der Waals surface area contributed by atoms with Gasteiger partial charge in [-0.05, 0) is 0 Å². The van der Waals surface area contributed by atoms with Crippen molar-refractivity contribution >= 4 is 17.8 Å². The molecule has 0 saturated carbocycles. The maximum absolute atomic E-state index is 10.6. The molecule has 0 aromatic rings. The van der Waals surface area contributed by atoms with Crippen molar-refractivity contribution in [3.8, 4) is 0 Å². The van der Waals surface area contributed by atoms with E-state index in [0.29, 0.717) is 0 Å². The molecule has 9 heteroatoms. The van der Waals surface area contributed by atoms with Crippen molar-refractivity contribution in [3.63, 3.8) is 0 Å². The van der Waals surface area contributed by atoms with E-state index in [1.54, 1.807) is 10.6 Å². The van der Waals surface area contributed by atoms with Crippen LogP contribution < -0.4 is 10.6 Å². The van der Waals surface area contributed by atoms with E-state index in [0.717, 1.165) is 0 Å². The smallest absolute Gasteiger partial charge is 0.366 e. The molecule has 0 bridgehead atoms. The maximum atomic E-state index is 10.6. The summed E-state index contributed by atoms with van der Waals surface area (Å²) in [5.41, 5.74) is 0. The quantitative estimate of drug-likeness (QED) is 0.260. The van der Waals surface area contributed by atoms with Crippen LogP contribution in [0.1, 0.15) is 0 Å². The molecule has 1 saturated heterocycles. The summed E-state index contributed by atoms with van der Waals surface area (Å²) in [4.78, 5) is 40.6. The summed E-state index contributed by atoms with van der Waals surface area (Å²) in [6, 6.07) is -3.06. The third-order valence-corrected chi connectivity index (χ3v) is 1.18. The molecule has 0 unspecified atom stereocenters. The van der Waals surface area contributed by atoms with E-state index in [1.165, 1.54) is 0 Å². The number of barbiturate groups is 1. The van der Waals surface area contributed by atoms with Crippen LogP contribution in [0.5, 0.6) is 0 Å². The summed E-state index contributed by atoms with van der Waals surface area (Å²) in [6.45, 7) is 0. The Morgan fingerprint density at radius 1 is 1.15 bits per heavy atom. The van der Waals surface area contributed by atoms with Gasteiger partial charge in [0, 0.05) is 4.92 Å². The molecule has 0 radical (unpaired) electrons. The number of hydrogen-bond donors (Lipinski definition) is 2. The fraction of sp³-hybridized carbons (Fsp3) is 0.250. The summed E-state index contributed by atoms with van der Waals surface area (Å²) < 4.78 is 0. The van der Waals surface area contributed by atoms with Gasteiger partial charge in [-0.25, -0.2) is 4.79 Å². The maximum Gasteiger partial charge on any atom is 0.366 e. The molecule has 9 nitrogen and oxygen atoms in total. The summed E-state index contributed by atoms with van der Waals surface area (Å²) in [5, 5.41) is 13.2. The molecule has 0 atom stereocenters. The van der Waals surface area contributed by atoms with Gasteiger partial charge < -0.3 is 5.48 Å². The van der Waals surface area contributed by atoms with Gasteiger partial charge in [-0.3, -0.25) is 30.3 Å². The van der Waals surface area contributed by atoms with Crippen molar-refractivity contribution in [2.24, 2.45) is 0 Å². The number of hydrogen-bond acceptors (Lipinski definition) is 5. The average molecular weight is 191 g/mol. The first-order valence-electron chi connectivity index (χ1n) is 2.81. The molecule has 1 fully saturated rings. The summed E-state index contributed by atoms with van der Waals surface area (Å²) >= 11 is 0. The van der Waals surface area contributed by atoms with E-state index in [2.05, 4.69) is 0 Å². The molecule has 4 N–H and O–H groups in total. The minimum atomic E-state index is -2.03. The molecule has 1 aliphatic rings. The molecular weight excluding hydrogens is 186 g/mol. The first kappa shape index (κ1) is 11.0. The van der Waals surface area contributed by atoms with E-state index in [9.17, 15) is 24.5 Å². The van der Waals surface area contributed by atoms with Gasteiger partial charge in [0.15, 0.2) is 0 Å². The second kappa shape index (κ2) is 3.58. The normalized spacial score (nSPS) is 17.1. The van der Waals surface area contributed by atoms with Gasteiger partial charge in [-0.1, -0.05) is 0 Å². The van der Waals surface area contributed by atoms with Gasteiger partial charge >= 0.3 is 23.9 Å². The summed E-state index contributed by atoms with van der Waals surface area (Å²) in [6.07, 6.45) is 0. The molecule has 0 spiro atoms. The lowest BCUT2D eigenvalue weighted by atomic mass is 10.2. The SMILES string of the molecule is O.O=C1NC(=O)C([N+](=O)[O-])C(=O)N1. The molecule has 1 rings (SSSR count). The highest BCUT2D eigenvalue weighted by molar-refractivity contribution is 6.17. The van der Waals surface area contributed by atoms with Crippen LogP contribution in [0.25, 0.3) is 0 Å². The third-order valence-electron chi connectivity index (χ3n) is 1.18. The Bertz CT molecular complexity index is 266. The van der Waals surface area contributed by atoms with Crippen LogP contribution in [0.2, 0.25) is 0 Å². The van der Waals surface area contributed by atoms with Gasteiger partial charge in [0.1, 0.15) is 0 Å². The number of amides is 4. The summed E-state index contributed by atoms with van der Waals surface area (Å²) in [7, 11) is 0. The Labute approximate surface area is 70.5 Å². The lowest BCUT2D eigenvalue weighted by Crippen LogP contribution is -2.61. The van der Waals surface area contributed by atoms with Crippen LogP contribution in [0.15, 0.2) is 0 Å². The number of imide groups is 2. The summed E-state index contributed by atoms with van der Waals surface area (Å²) in [5.74, 6) is -2.43. The molecule has 0 aliphatic carbocycles. The van der Waals surface area contributed by atoms with Crippen LogP contribution in [-0.2, 0) is 9.59 Å². The fourth-order valence-corrected chi connectivity index (χ4v) is 0.702. The third kappa shape index (κ3) is 1.96. The predicted molar refractivity (Wildman–Crippen MR) is 36.1 cm³/mol. The number of urea groups is 1. The van der Waals surface area contributed by atoms with Crippen LogP contribution in [0.3, 0.4) is 0 Å². The van der Waals surface area contributed by atoms with E-state index in [-0.39, 0.29) is 5.48 Å². The minimum Gasteiger partial charge on any atom is -0.412 e. The monoisotopic (exact) mass is 191 g/mol. The van der Waals surface area contributed by atoms with E-state index in [1.807, 2.05) is 0 Å². The Balaban J connectivity index is 0.00000144. The van der Waals surface area contributed by atoms with Crippen molar-refractivity contribution < 1.29 is 24.8 Å². The highest BCUT2D eigenvalue weighted by Gasteiger charge is 2.43. The number of nitro groups is 1. The van der Waals surface area contributed by atoms with Crippen LogP contribution in [0, 0.1) is 10.1 Å². The Hall–Kier alpha value is -2.03. The zero-order valence-electron chi connectivity index (χ0n) is 6.07. The molecule has 1 aliphatic heterocycles. The highest BCUT2D eigenvalue weighted by Crippen LogP contribution is 1.95. The second-order valence-corrected chi connectivity index (χ2v) is 2.00. The zero-order valence-corrected chi connectivity index (χ0v) is 6.07. The largest absolute Gasteiger partial charge is 0.412 e. The fourth-order valence-electron chi connectivity index (χ4n) is 0.702. The minimum absolute atomic E-state index is 0. The zero-order chi connectivity index (χ0) is 9.30. The first-order chi connectivity index (χ1) is 5.52. The van der Waals surface area contributed by atoms with E-state index < -0.39 is 28.8 Å². The molecule has 13 heavy (non-hydrogen) atoms. The highest BCUT2D eigenvalue weighted by atomic mass is 16.6. The van der Waals surface area contributed by atoms with Gasteiger partial charge in [0.2, 0.25) is 0 Å². The number of nitrogens with zero attached hydrogens (tertiary/aromatic N) is 1. The number of nitrogens with one attached hydrogen (secondary N) is 2. The molecule has 72 valence electrons. The van der Waals surface area contributed by atoms with Gasteiger partial charge in [0.05, 0.1) is 0 Å². The van der Waals surface area contributed by atoms with Crippen molar-refractivity contribution in [2.75, 3.05) is 0 Å². The topological polar surface area (TPSA) is 150 Å². The molecule has 0 aromatic heterocycles. The van der Waals surface area contributed by atoms with Crippen LogP contribution in [-0.4, -0.2) is 34.3 Å². The Morgan fingerprint density at radius 3 is 1.85 bits per heavy atom. The Morgan fingerprint density at radius 2 is 1.54 bits per heavy atom. The van der Waals surface area contributed by atoms with Gasteiger partial charge in [-0.2, -0.15) is 0 Å². The van der Waals surface area contributed by atoms with Crippen molar-refractivity contribution in [1.29, 1.82) is 0 Å². The number of rotatable bonds is 1. The second-order valence-electron chi connectivity index (χ2n) is 2.00. The Kier molecular flexibility index (Phi) is 3.02. The van der Waals surface area contributed by atoms with Gasteiger partial charge in [0.25, 0.3) is 0 Å². The lowest BCUT2D eigenvalue weighted by molar-refractivity contribution is -0.494. The van der Waals surface area contributed by atoms with Crippen molar-refractivity contribution in [1.82, 2.24) is 10.6 Å².